The fourth-order valence-corrected chi connectivity index (χ4v) is 2.43. The van der Waals surface area contributed by atoms with E-state index in [0.29, 0.717) is 0 Å². The van der Waals surface area contributed by atoms with Gasteiger partial charge in [0.25, 0.3) is 0 Å². The molecule has 0 aliphatic carbocycles. The Morgan fingerprint density at radius 3 is 1.38 bits per heavy atom. The summed E-state index contributed by atoms with van der Waals surface area (Å²) in [4.78, 5) is 0. The summed E-state index contributed by atoms with van der Waals surface area (Å²) in [6.45, 7) is 8.87. The van der Waals surface area contributed by atoms with E-state index >= 15 is 0 Å². The minimum absolute atomic E-state index is 1.12. The van der Waals surface area contributed by atoms with E-state index in [1.54, 1.807) is 0 Å². The van der Waals surface area contributed by atoms with Crippen molar-refractivity contribution in [1.82, 2.24) is 0 Å². The average Bonchev–Trinajstić information content (AvgIpc) is 2.28. The van der Waals surface area contributed by atoms with Crippen molar-refractivity contribution in [2.75, 3.05) is 0 Å². The number of benzene rings is 2. The smallest absolute Gasteiger partial charge is 0.0178 e. The Balaban J connectivity index is 2.71. The maximum absolute atomic E-state index is 2.34. The fraction of sp³-hybridized carbons (Fsp3) is 0.375. The summed E-state index contributed by atoms with van der Waals surface area (Å²) >= 11 is 0. The van der Waals surface area contributed by atoms with E-state index in [0.717, 1.165) is 12.8 Å². The molecular formula is C16H20. The second-order valence-electron chi connectivity index (χ2n) is 4.61. The lowest BCUT2D eigenvalue weighted by Crippen LogP contribution is -1.91. The standard InChI is InChI=1S/C16H20/c1-5-13-9-15-8-12(4)14(6-2)10-16(15)7-11(13)3/h7-10H,5-6H2,1-4H3. The van der Waals surface area contributed by atoms with Crippen LogP contribution in [0.3, 0.4) is 0 Å². The molecule has 0 radical (unpaired) electrons. The van der Waals surface area contributed by atoms with Gasteiger partial charge in [0.1, 0.15) is 0 Å². The highest BCUT2D eigenvalue weighted by molar-refractivity contribution is 5.85. The summed E-state index contributed by atoms with van der Waals surface area (Å²) in [5.41, 5.74) is 5.77. The average molecular weight is 212 g/mol. The predicted octanol–water partition coefficient (Wildman–Crippen LogP) is 4.58. The molecule has 16 heavy (non-hydrogen) atoms. The highest BCUT2D eigenvalue weighted by Gasteiger charge is 2.03. The third-order valence-electron chi connectivity index (χ3n) is 3.51. The molecule has 0 unspecified atom stereocenters. The second-order valence-corrected chi connectivity index (χ2v) is 4.61. The largest absolute Gasteiger partial charge is 0.0613 e. The first-order valence-electron chi connectivity index (χ1n) is 6.18. The molecule has 0 saturated heterocycles. The Morgan fingerprint density at radius 1 is 0.688 bits per heavy atom. The molecule has 0 amide bonds. The van der Waals surface area contributed by atoms with Gasteiger partial charge in [-0.05, 0) is 59.7 Å². The van der Waals surface area contributed by atoms with Gasteiger partial charge in [-0.2, -0.15) is 0 Å². The first kappa shape index (κ1) is 11.2. The minimum atomic E-state index is 1.12. The van der Waals surface area contributed by atoms with Crippen LogP contribution >= 0.6 is 0 Å². The lowest BCUT2D eigenvalue weighted by molar-refractivity contribution is 1.11. The molecule has 0 aliphatic rings. The van der Waals surface area contributed by atoms with Crippen molar-refractivity contribution in [2.24, 2.45) is 0 Å². The van der Waals surface area contributed by atoms with Crippen LogP contribution in [0.5, 0.6) is 0 Å². The monoisotopic (exact) mass is 212 g/mol. The zero-order chi connectivity index (χ0) is 11.7. The number of rotatable bonds is 2. The molecule has 0 spiro atoms. The highest BCUT2D eigenvalue weighted by Crippen LogP contribution is 2.24. The molecule has 0 heterocycles. The van der Waals surface area contributed by atoms with Crippen LogP contribution in [0.1, 0.15) is 36.1 Å². The van der Waals surface area contributed by atoms with Crippen molar-refractivity contribution in [2.45, 2.75) is 40.5 Å². The molecule has 2 aromatic rings. The van der Waals surface area contributed by atoms with Crippen molar-refractivity contribution >= 4 is 10.8 Å². The maximum Gasteiger partial charge on any atom is -0.0178 e. The summed E-state index contributed by atoms with van der Waals surface area (Å²) in [6.07, 6.45) is 2.24. The molecule has 2 aromatic carbocycles. The van der Waals surface area contributed by atoms with Gasteiger partial charge in [-0.3, -0.25) is 0 Å². The topological polar surface area (TPSA) is 0 Å². The van der Waals surface area contributed by atoms with E-state index in [1.807, 2.05) is 0 Å². The van der Waals surface area contributed by atoms with Gasteiger partial charge >= 0.3 is 0 Å². The molecule has 0 nitrogen and oxygen atoms in total. The molecule has 0 saturated carbocycles. The normalized spacial score (nSPS) is 11.0. The Labute approximate surface area is 98.3 Å². The molecule has 0 bridgehead atoms. The fourth-order valence-electron chi connectivity index (χ4n) is 2.43. The van der Waals surface area contributed by atoms with Gasteiger partial charge in [-0.1, -0.05) is 38.1 Å². The van der Waals surface area contributed by atoms with E-state index in [2.05, 4.69) is 52.0 Å². The zero-order valence-electron chi connectivity index (χ0n) is 10.7. The quantitative estimate of drug-likeness (QED) is 0.683. The SMILES string of the molecule is CCc1cc2cc(C)c(CC)cc2cc1C. The predicted molar refractivity (Wildman–Crippen MR) is 72.2 cm³/mol. The number of aryl methyl sites for hydroxylation is 4. The third kappa shape index (κ3) is 1.84. The van der Waals surface area contributed by atoms with Gasteiger partial charge in [-0.25, -0.2) is 0 Å². The van der Waals surface area contributed by atoms with Gasteiger partial charge in [0, 0.05) is 0 Å². The molecule has 84 valence electrons. The van der Waals surface area contributed by atoms with Crippen LogP contribution in [0.15, 0.2) is 24.3 Å². The molecule has 0 aromatic heterocycles. The Kier molecular flexibility index (Phi) is 3.00. The summed E-state index contributed by atoms with van der Waals surface area (Å²) in [7, 11) is 0. The van der Waals surface area contributed by atoms with E-state index in [-0.39, 0.29) is 0 Å². The first-order chi connectivity index (χ1) is 7.65. The van der Waals surface area contributed by atoms with Crippen LogP contribution in [0.25, 0.3) is 10.8 Å². The van der Waals surface area contributed by atoms with Gasteiger partial charge in [0.15, 0.2) is 0 Å². The number of hydrogen-bond donors (Lipinski definition) is 0. The molecule has 0 N–H and O–H groups in total. The highest BCUT2D eigenvalue weighted by atomic mass is 14.1. The van der Waals surface area contributed by atoms with Crippen LogP contribution in [-0.4, -0.2) is 0 Å². The van der Waals surface area contributed by atoms with Crippen molar-refractivity contribution in [3.8, 4) is 0 Å². The van der Waals surface area contributed by atoms with Crippen LogP contribution in [-0.2, 0) is 12.8 Å². The molecule has 0 heteroatoms. The first-order valence-corrected chi connectivity index (χ1v) is 6.18. The van der Waals surface area contributed by atoms with E-state index in [4.69, 9.17) is 0 Å². The van der Waals surface area contributed by atoms with Crippen molar-refractivity contribution in [1.29, 1.82) is 0 Å². The minimum Gasteiger partial charge on any atom is -0.0613 e. The van der Waals surface area contributed by atoms with E-state index in [9.17, 15) is 0 Å². The Morgan fingerprint density at radius 2 is 1.06 bits per heavy atom. The van der Waals surface area contributed by atoms with Gasteiger partial charge in [0.2, 0.25) is 0 Å². The molecule has 0 atom stereocenters. The number of fused-ring (bicyclic) bond motifs is 1. The zero-order valence-corrected chi connectivity index (χ0v) is 10.7. The van der Waals surface area contributed by atoms with E-state index in [1.165, 1.54) is 33.0 Å². The lowest BCUT2D eigenvalue weighted by Gasteiger charge is -2.10. The molecule has 0 fully saturated rings. The number of hydrogen-bond acceptors (Lipinski definition) is 0. The summed E-state index contributed by atoms with van der Waals surface area (Å²) < 4.78 is 0. The van der Waals surface area contributed by atoms with Crippen molar-refractivity contribution in [3.05, 3.63) is 46.5 Å². The summed E-state index contributed by atoms with van der Waals surface area (Å²) in [5, 5.41) is 2.77. The van der Waals surface area contributed by atoms with E-state index < -0.39 is 0 Å². The van der Waals surface area contributed by atoms with Crippen LogP contribution < -0.4 is 0 Å². The molecule has 0 aliphatic heterocycles. The summed E-state index contributed by atoms with van der Waals surface area (Å²) in [5.74, 6) is 0. The lowest BCUT2D eigenvalue weighted by atomic mass is 9.95. The Bertz CT molecular complexity index is 472. The van der Waals surface area contributed by atoms with Gasteiger partial charge in [0.05, 0.1) is 0 Å². The van der Waals surface area contributed by atoms with Gasteiger partial charge in [-0.15, -0.1) is 0 Å². The Hall–Kier alpha value is -1.30. The molecular weight excluding hydrogens is 192 g/mol. The van der Waals surface area contributed by atoms with Gasteiger partial charge < -0.3 is 0 Å². The van der Waals surface area contributed by atoms with Crippen LogP contribution in [0, 0.1) is 13.8 Å². The van der Waals surface area contributed by atoms with Crippen molar-refractivity contribution < 1.29 is 0 Å². The van der Waals surface area contributed by atoms with Crippen LogP contribution in [0.4, 0.5) is 0 Å². The molecule has 2 rings (SSSR count). The third-order valence-corrected chi connectivity index (χ3v) is 3.51. The van der Waals surface area contributed by atoms with Crippen molar-refractivity contribution in [3.63, 3.8) is 0 Å². The second kappa shape index (κ2) is 4.29. The van der Waals surface area contributed by atoms with Crippen LogP contribution in [0.2, 0.25) is 0 Å². The summed E-state index contributed by atoms with van der Waals surface area (Å²) in [6, 6.07) is 9.34. The maximum atomic E-state index is 2.34.